The van der Waals surface area contributed by atoms with Crippen molar-refractivity contribution in [2.75, 3.05) is 12.4 Å². The van der Waals surface area contributed by atoms with E-state index in [1.54, 1.807) is 7.11 Å². The van der Waals surface area contributed by atoms with Crippen molar-refractivity contribution in [1.82, 2.24) is 20.6 Å². The molecule has 0 fully saturated rings. The predicted octanol–water partition coefficient (Wildman–Crippen LogP) is 1.76. The van der Waals surface area contributed by atoms with Crippen molar-refractivity contribution in [3.8, 4) is 5.75 Å². The first-order chi connectivity index (χ1) is 9.41. The van der Waals surface area contributed by atoms with Gasteiger partial charge in [-0.1, -0.05) is 26.8 Å². The van der Waals surface area contributed by atoms with E-state index >= 15 is 0 Å². The Morgan fingerprint density at radius 1 is 1.35 bits per heavy atom. The SMILES string of the molecule is COc1ccc(C(C)(C)C)cc1NC(=O)c1nn[nH]n1. The number of nitrogens with zero attached hydrogens (tertiary/aromatic N) is 3. The minimum absolute atomic E-state index is 0.0202. The van der Waals surface area contributed by atoms with E-state index in [0.717, 1.165) is 5.56 Å². The monoisotopic (exact) mass is 275 g/mol. The molecule has 0 saturated carbocycles. The molecule has 0 aliphatic carbocycles. The lowest BCUT2D eigenvalue weighted by atomic mass is 9.87. The molecule has 2 aromatic rings. The van der Waals surface area contributed by atoms with Crippen LogP contribution in [-0.2, 0) is 5.41 Å². The van der Waals surface area contributed by atoms with Gasteiger partial charge in [0.1, 0.15) is 5.75 Å². The number of nitrogens with one attached hydrogen (secondary N) is 2. The lowest BCUT2D eigenvalue weighted by Crippen LogP contribution is -2.16. The van der Waals surface area contributed by atoms with Crippen LogP contribution < -0.4 is 10.1 Å². The zero-order valence-corrected chi connectivity index (χ0v) is 11.9. The Bertz CT molecular complexity index is 602. The van der Waals surface area contributed by atoms with Crippen LogP contribution in [-0.4, -0.2) is 33.6 Å². The summed E-state index contributed by atoms with van der Waals surface area (Å²) in [5, 5.41) is 15.6. The van der Waals surface area contributed by atoms with Gasteiger partial charge in [0.25, 0.3) is 11.7 Å². The van der Waals surface area contributed by atoms with Gasteiger partial charge < -0.3 is 10.1 Å². The predicted molar refractivity (Wildman–Crippen MR) is 73.8 cm³/mol. The fourth-order valence-corrected chi connectivity index (χ4v) is 1.71. The molecule has 0 saturated heterocycles. The normalized spacial score (nSPS) is 11.2. The largest absolute Gasteiger partial charge is 0.495 e. The zero-order valence-electron chi connectivity index (χ0n) is 11.9. The minimum atomic E-state index is -0.442. The molecule has 1 heterocycles. The van der Waals surface area contributed by atoms with Gasteiger partial charge in [-0.3, -0.25) is 4.79 Å². The number of anilines is 1. The van der Waals surface area contributed by atoms with Crippen molar-refractivity contribution in [2.45, 2.75) is 26.2 Å². The van der Waals surface area contributed by atoms with Gasteiger partial charge >= 0.3 is 0 Å². The average molecular weight is 275 g/mol. The van der Waals surface area contributed by atoms with E-state index in [-0.39, 0.29) is 11.2 Å². The van der Waals surface area contributed by atoms with Crippen LogP contribution in [0.2, 0.25) is 0 Å². The minimum Gasteiger partial charge on any atom is -0.495 e. The van der Waals surface area contributed by atoms with Crippen molar-refractivity contribution in [2.24, 2.45) is 0 Å². The summed E-state index contributed by atoms with van der Waals surface area (Å²) in [6, 6.07) is 5.69. The Hall–Kier alpha value is -2.44. The summed E-state index contributed by atoms with van der Waals surface area (Å²) < 4.78 is 5.25. The maximum absolute atomic E-state index is 12.0. The number of aromatic amines is 1. The fraction of sp³-hybridized carbons (Fsp3) is 0.385. The van der Waals surface area contributed by atoms with Gasteiger partial charge in [0.05, 0.1) is 12.8 Å². The molecule has 7 heteroatoms. The second-order valence-corrected chi connectivity index (χ2v) is 5.35. The first kappa shape index (κ1) is 14.0. The molecule has 2 rings (SSSR count). The highest BCUT2D eigenvalue weighted by atomic mass is 16.5. The Morgan fingerprint density at radius 2 is 2.10 bits per heavy atom. The molecule has 20 heavy (non-hydrogen) atoms. The van der Waals surface area contributed by atoms with Crippen LogP contribution in [0.25, 0.3) is 0 Å². The van der Waals surface area contributed by atoms with Crippen molar-refractivity contribution < 1.29 is 9.53 Å². The Kier molecular flexibility index (Phi) is 3.69. The van der Waals surface area contributed by atoms with E-state index in [1.165, 1.54) is 0 Å². The molecule has 0 unspecified atom stereocenters. The van der Waals surface area contributed by atoms with Crippen molar-refractivity contribution in [3.05, 3.63) is 29.6 Å². The third-order valence-corrected chi connectivity index (χ3v) is 2.86. The van der Waals surface area contributed by atoms with Gasteiger partial charge in [-0.15, -0.1) is 10.2 Å². The highest BCUT2D eigenvalue weighted by Gasteiger charge is 2.18. The fourth-order valence-electron chi connectivity index (χ4n) is 1.71. The summed E-state index contributed by atoms with van der Waals surface area (Å²) in [6.45, 7) is 6.29. The second kappa shape index (κ2) is 5.28. The van der Waals surface area contributed by atoms with Crippen molar-refractivity contribution in [3.63, 3.8) is 0 Å². The van der Waals surface area contributed by atoms with Crippen LogP contribution in [0, 0.1) is 0 Å². The Morgan fingerprint density at radius 3 is 2.65 bits per heavy atom. The summed E-state index contributed by atoms with van der Waals surface area (Å²) >= 11 is 0. The van der Waals surface area contributed by atoms with Gasteiger partial charge in [-0.05, 0) is 28.3 Å². The lowest BCUT2D eigenvalue weighted by molar-refractivity contribution is 0.101. The number of benzene rings is 1. The van der Waals surface area contributed by atoms with Gasteiger partial charge in [0.2, 0.25) is 0 Å². The summed E-state index contributed by atoms with van der Waals surface area (Å²) in [7, 11) is 1.55. The number of methoxy groups -OCH3 is 1. The molecule has 0 aliphatic heterocycles. The van der Waals surface area contributed by atoms with Crippen molar-refractivity contribution in [1.29, 1.82) is 0 Å². The molecule has 2 N–H and O–H groups in total. The second-order valence-electron chi connectivity index (χ2n) is 5.35. The molecule has 0 spiro atoms. The van der Waals surface area contributed by atoms with E-state index in [1.807, 2.05) is 18.2 Å². The molecular weight excluding hydrogens is 258 g/mol. The number of hydrogen-bond donors (Lipinski definition) is 2. The van der Waals surface area contributed by atoms with E-state index in [0.29, 0.717) is 11.4 Å². The van der Waals surface area contributed by atoms with E-state index < -0.39 is 5.91 Å². The first-order valence-corrected chi connectivity index (χ1v) is 6.15. The summed E-state index contributed by atoms with van der Waals surface area (Å²) in [4.78, 5) is 12.0. The van der Waals surface area contributed by atoms with Crippen LogP contribution in [0.3, 0.4) is 0 Å². The molecular formula is C13H17N5O2. The maximum atomic E-state index is 12.0. The third-order valence-electron chi connectivity index (χ3n) is 2.86. The molecule has 106 valence electrons. The van der Waals surface area contributed by atoms with E-state index in [4.69, 9.17) is 4.74 Å². The third kappa shape index (κ3) is 2.93. The van der Waals surface area contributed by atoms with Gasteiger partial charge in [0.15, 0.2) is 0 Å². The Balaban J connectivity index is 2.32. The molecule has 0 radical (unpaired) electrons. The highest BCUT2D eigenvalue weighted by molar-refractivity contribution is 6.02. The number of hydrogen-bond acceptors (Lipinski definition) is 5. The van der Waals surface area contributed by atoms with Gasteiger partial charge in [-0.2, -0.15) is 5.21 Å². The summed E-state index contributed by atoms with van der Waals surface area (Å²) in [5.74, 6) is 0.117. The lowest BCUT2D eigenvalue weighted by Gasteiger charge is -2.21. The van der Waals surface area contributed by atoms with E-state index in [9.17, 15) is 4.79 Å². The maximum Gasteiger partial charge on any atom is 0.297 e. The average Bonchev–Trinajstić information content (AvgIpc) is 2.91. The Labute approximate surface area is 116 Å². The number of H-pyrrole nitrogens is 1. The van der Waals surface area contributed by atoms with Crippen LogP contribution in [0.4, 0.5) is 5.69 Å². The zero-order chi connectivity index (χ0) is 14.8. The summed E-state index contributed by atoms with van der Waals surface area (Å²) in [5.41, 5.74) is 1.63. The van der Waals surface area contributed by atoms with Crippen LogP contribution in [0.5, 0.6) is 5.75 Å². The molecule has 7 nitrogen and oxygen atoms in total. The summed E-state index contributed by atoms with van der Waals surface area (Å²) in [6.07, 6.45) is 0. The van der Waals surface area contributed by atoms with E-state index in [2.05, 4.69) is 46.7 Å². The van der Waals surface area contributed by atoms with Crippen LogP contribution in [0.15, 0.2) is 18.2 Å². The number of ether oxygens (including phenoxy) is 1. The molecule has 0 bridgehead atoms. The molecule has 1 aromatic heterocycles. The van der Waals surface area contributed by atoms with Crippen LogP contribution >= 0.6 is 0 Å². The quantitative estimate of drug-likeness (QED) is 0.890. The molecule has 1 amide bonds. The number of tetrazole rings is 1. The topological polar surface area (TPSA) is 92.8 Å². The standard InChI is InChI=1S/C13H17N5O2/c1-13(2,3)8-5-6-10(20-4)9(7-8)14-12(19)11-15-17-18-16-11/h5-7H,1-4H3,(H,14,19)(H,15,16,17,18). The van der Waals surface area contributed by atoms with Gasteiger partial charge in [0, 0.05) is 0 Å². The highest BCUT2D eigenvalue weighted by Crippen LogP contribution is 2.31. The number of amides is 1. The number of aromatic nitrogens is 4. The first-order valence-electron chi connectivity index (χ1n) is 6.15. The van der Waals surface area contributed by atoms with Gasteiger partial charge in [-0.25, -0.2) is 0 Å². The number of rotatable bonds is 3. The van der Waals surface area contributed by atoms with Crippen LogP contribution in [0.1, 0.15) is 37.0 Å². The number of carbonyl (C=O) groups excluding carboxylic acids is 1. The molecule has 0 aliphatic rings. The smallest absolute Gasteiger partial charge is 0.297 e. The number of carbonyl (C=O) groups is 1. The molecule has 0 atom stereocenters. The molecule has 1 aromatic carbocycles. The van der Waals surface area contributed by atoms with Crippen molar-refractivity contribution >= 4 is 11.6 Å².